The van der Waals surface area contributed by atoms with Crippen LogP contribution < -0.4 is 5.73 Å². The van der Waals surface area contributed by atoms with Crippen LogP contribution in [0.25, 0.3) is 0 Å². The van der Waals surface area contributed by atoms with Gasteiger partial charge in [-0.3, -0.25) is 4.79 Å². The highest BCUT2D eigenvalue weighted by Crippen LogP contribution is 2.48. The number of benzene rings is 1. The van der Waals surface area contributed by atoms with Gasteiger partial charge in [-0.15, -0.1) is 0 Å². The van der Waals surface area contributed by atoms with E-state index in [9.17, 15) is 4.79 Å². The van der Waals surface area contributed by atoms with Crippen LogP contribution in [0.1, 0.15) is 36.8 Å². The van der Waals surface area contributed by atoms with Crippen molar-refractivity contribution < 1.29 is 4.79 Å². The van der Waals surface area contributed by atoms with Gasteiger partial charge in [-0.25, -0.2) is 0 Å². The third kappa shape index (κ3) is 2.52. The van der Waals surface area contributed by atoms with Gasteiger partial charge in [0.05, 0.1) is 5.41 Å². The Morgan fingerprint density at radius 2 is 1.95 bits per heavy atom. The second kappa shape index (κ2) is 4.64. The van der Waals surface area contributed by atoms with Gasteiger partial charge in [0.25, 0.3) is 0 Å². The van der Waals surface area contributed by atoms with Crippen LogP contribution >= 0.6 is 0 Å². The zero-order valence-corrected chi connectivity index (χ0v) is 11.6. The van der Waals surface area contributed by atoms with Crippen LogP contribution in [0.15, 0.2) is 24.3 Å². The van der Waals surface area contributed by atoms with E-state index in [1.54, 1.807) is 0 Å². The fourth-order valence-electron chi connectivity index (χ4n) is 2.60. The average molecular weight is 258 g/mol. The smallest absolute Gasteiger partial charge is 0.230 e. The molecule has 1 amide bonds. The average Bonchev–Trinajstić information content (AvgIpc) is 3.29. The van der Waals surface area contributed by atoms with Crippen LogP contribution in [0.4, 0.5) is 0 Å². The van der Waals surface area contributed by atoms with E-state index in [4.69, 9.17) is 5.73 Å². The van der Waals surface area contributed by atoms with Gasteiger partial charge >= 0.3 is 0 Å². The second-order valence-electron chi connectivity index (χ2n) is 6.13. The normalized spacial score (nSPS) is 20.1. The van der Waals surface area contributed by atoms with Crippen LogP contribution in [0.5, 0.6) is 0 Å². The van der Waals surface area contributed by atoms with Gasteiger partial charge in [0.15, 0.2) is 0 Å². The van der Waals surface area contributed by atoms with E-state index in [1.807, 2.05) is 0 Å². The minimum Gasteiger partial charge on any atom is -0.335 e. The molecular formula is C16H22N2O. The topological polar surface area (TPSA) is 46.3 Å². The molecule has 0 aliphatic heterocycles. The van der Waals surface area contributed by atoms with E-state index in [0.29, 0.717) is 12.6 Å². The Morgan fingerprint density at radius 1 is 1.32 bits per heavy atom. The molecular weight excluding hydrogens is 236 g/mol. The molecule has 0 atom stereocenters. The Hall–Kier alpha value is -1.35. The molecule has 2 aliphatic rings. The number of rotatable bonds is 5. The third-order valence-corrected chi connectivity index (χ3v) is 4.42. The lowest BCUT2D eigenvalue weighted by Crippen LogP contribution is -2.41. The molecule has 2 aliphatic carbocycles. The van der Waals surface area contributed by atoms with Gasteiger partial charge in [-0.1, -0.05) is 29.8 Å². The number of carbonyl (C=O) groups is 1. The number of hydrogen-bond acceptors (Lipinski definition) is 2. The van der Waals surface area contributed by atoms with Crippen molar-refractivity contribution in [3.63, 3.8) is 0 Å². The Bertz CT molecular complexity index is 472. The van der Waals surface area contributed by atoms with E-state index in [1.165, 1.54) is 11.1 Å². The maximum Gasteiger partial charge on any atom is 0.230 e. The lowest BCUT2D eigenvalue weighted by Gasteiger charge is -2.27. The number of amides is 1. The lowest BCUT2D eigenvalue weighted by atomic mass is 10.0. The number of aryl methyl sites for hydroxylation is 1. The second-order valence-corrected chi connectivity index (χ2v) is 6.13. The van der Waals surface area contributed by atoms with Gasteiger partial charge in [0.1, 0.15) is 0 Å². The molecule has 0 aromatic heterocycles. The van der Waals surface area contributed by atoms with Gasteiger partial charge in [-0.2, -0.15) is 0 Å². The molecule has 3 nitrogen and oxygen atoms in total. The maximum atomic E-state index is 12.7. The molecule has 0 saturated heterocycles. The van der Waals surface area contributed by atoms with E-state index < -0.39 is 0 Å². The number of hydrogen-bond donors (Lipinski definition) is 1. The van der Waals surface area contributed by atoms with Crippen molar-refractivity contribution in [1.29, 1.82) is 0 Å². The summed E-state index contributed by atoms with van der Waals surface area (Å²) in [5.41, 5.74) is 8.06. The predicted octanol–water partition coefficient (Wildman–Crippen LogP) is 2.22. The molecule has 0 heterocycles. The maximum absolute atomic E-state index is 12.7. The van der Waals surface area contributed by atoms with Crippen molar-refractivity contribution >= 4 is 5.91 Å². The highest BCUT2D eigenvalue weighted by atomic mass is 16.2. The molecule has 2 N–H and O–H groups in total. The molecule has 19 heavy (non-hydrogen) atoms. The minimum atomic E-state index is -0.215. The third-order valence-electron chi connectivity index (χ3n) is 4.42. The minimum absolute atomic E-state index is 0.215. The highest BCUT2D eigenvalue weighted by Gasteiger charge is 2.52. The van der Waals surface area contributed by atoms with Crippen LogP contribution in [0, 0.1) is 12.3 Å². The highest BCUT2D eigenvalue weighted by molar-refractivity contribution is 5.86. The molecule has 0 bridgehead atoms. The first kappa shape index (κ1) is 12.7. The van der Waals surface area contributed by atoms with Crippen molar-refractivity contribution in [1.82, 2.24) is 4.90 Å². The first-order valence-electron chi connectivity index (χ1n) is 7.21. The Kier molecular flexibility index (Phi) is 3.09. The first-order valence-corrected chi connectivity index (χ1v) is 7.21. The molecule has 2 saturated carbocycles. The molecule has 1 aromatic carbocycles. The molecule has 102 valence electrons. The summed E-state index contributed by atoms with van der Waals surface area (Å²) in [6.07, 6.45) is 4.25. The van der Waals surface area contributed by atoms with Crippen LogP contribution in [-0.4, -0.2) is 23.4 Å². The zero-order chi connectivity index (χ0) is 13.5. The van der Waals surface area contributed by atoms with Crippen molar-refractivity contribution in [2.45, 2.75) is 45.2 Å². The molecule has 3 rings (SSSR count). The molecule has 0 unspecified atom stereocenters. The van der Waals surface area contributed by atoms with Crippen molar-refractivity contribution in [2.24, 2.45) is 11.1 Å². The predicted molar refractivity (Wildman–Crippen MR) is 75.5 cm³/mol. The number of nitrogens with zero attached hydrogens (tertiary/aromatic N) is 1. The van der Waals surface area contributed by atoms with E-state index in [2.05, 4.69) is 36.1 Å². The van der Waals surface area contributed by atoms with Crippen LogP contribution in [0.3, 0.4) is 0 Å². The van der Waals surface area contributed by atoms with Crippen LogP contribution in [-0.2, 0) is 11.3 Å². The molecule has 0 spiro atoms. The Morgan fingerprint density at radius 3 is 2.42 bits per heavy atom. The first-order chi connectivity index (χ1) is 9.14. The summed E-state index contributed by atoms with van der Waals surface area (Å²) in [4.78, 5) is 14.7. The summed E-state index contributed by atoms with van der Waals surface area (Å²) in [6, 6.07) is 8.93. The summed E-state index contributed by atoms with van der Waals surface area (Å²) < 4.78 is 0. The zero-order valence-electron chi connectivity index (χ0n) is 11.6. The summed E-state index contributed by atoms with van der Waals surface area (Å²) in [6.45, 7) is 3.33. The van der Waals surface area contributed by atoms with Gasteiger partial charge in [0.2, 0.25) is 5.91 Å². The Balaban J connectivity index is 1.74. The molecule has 3 heteroatoms. The van der Waals surface area contributed by atoms with Crippen molar-refractivity contribution in [3.05, 3.63) is 35.4 Å². The van der Waals surface area contributed by atoms with Crippen molar-refractivity contribution in [2.75, 3.05) is 6.54 Å². The van der Waals surface area contributed by atoms with Crippen molar-refractivity contribution in [3.8, 4) is 0 Å². The Labute approximate surface area is 114 Å². The van der Waals surface area contributed by atoms with Gasteiger partial charge in [-0.05, 0) is 38.2 Å². The van der Waals surface area contributed by atoms with E-state index in [-0.39, 0.29) is 11.3 Å². The monoisotopic (exact) mass is 258 g/mol. The summed E-state index contributed by atoms with van der Waals surface area (Å²) >= 11 is 0. The molecule has 0 radical (unpaired) electrons. The van der Waals surface area contributed by atoms with Gasteiger partial charge < -0.3 is 10.6 Å². The fraction of sp³-hybridized carbons (Fsp3) is 0.562. The van der Waals surface area contributed by atoms with Crippen LogP contribution in [0.2, 0.25) is 0 Å². The van der Waals surface area contributed by atoms with E-state index in [0.717, 1.165) is 32.2 Å². The lowest BCUT2D eigenvalue weighted by molar-refractivity contribution is -0.137. The summed E-state index contributed by atoms with van der Waals surface area (Å²) in [7, 11) is 0. The number of nitrogens with two attached hydrogens (primary N) is 1. The standard InChI is InChI=1S/C16H22N2O/c1-12-2-4-13(5-3-12)10-18(14-6-7-14)15(19)16(11-17)8-9-16/h2-5,14H,6-11,17H2,1H3. The molecule has 2 fully saturated rings. The van der Waals surface area contributed by atoms with Gasteiger partial charge in [0, 0.05) is 19.1 Å². The fourth-order valence-corrected chi connectivity index (χ4v) is 2.60. The molecule has 1 aromatic rings. The van der Waals surface area contributed by atoms with E-state index >= 15 is 0 Å². The SMILES string of the molecule is Cc1ccc(CN(C(=O)C2(CN)CC2)C2CC2)cc1. The summed E-state index contributed by atoms with van der Waals surface area (Å²) in [5, 5.41) is 0. The summed E-state index contributed by atoms with van der Waals surface area (Å²) in [5.74, 6) is 0.290. The number of carbonyl (C=O) groups excluding carboxylic acids is 1. The quantitative estimate of drug-likeness (QED) is 0.880. The largest absolute Gasteiger partial charge is 0.335 e.